The number of benzene rings is 2. The predicted molar refractivity (Wildman–Crippen MR) is 88.1 cm³/mol. The van der Waals surface area contributed by atoms with Gasteiger partial charge in [0.1, 0.15) is 5.82 Å². The molecule has 0 aliphatic rings. The molecule has 126 valence electrons. The Morgan fingerprint density at radius 2 is 1.62 bits per heavy atom. The van der Waals surface area contributed by atoms with E-state index in [9.17, 15) is 19.1 Å². The Hall–Kier alpha value is -2.73. The average molecular weight is 330 g/mol. The molecule has 0 heterocycles. The highest BCUT2D eigenvalue weighted by Crippen LogP contribution is 2.17. The first-order valence-electron chi connectivity index (χ1n) is 7.49. The summed E-state index contributed by atoms with van der Waals surface area (Å²) in [6.45, 7) is 1.65. The van der Waals surface area contributed by atoms with E-state index in [-0.39, 0.29) is 5.91 Å². The summed E-state index contributed by atoms with van der Waals surface area (Å²) in [6, 6.07) is 11.1. The fourth-order valence-electron chi connectivity index (χ4n) is 2.26. The fraction of sp³-hybridized carbons (Fsp3) is 0.222. The van der Waals surface area contributed by atoms with Crippen molar-refractivity contribution in [1.82, 2.24) is 10.6 Å². The van der Waals surface area contributed by atoms with Crippen molar-refractivity contribution >= 4 is 11.8 Å². The summed E-state index contributed by atoms with van der Waals surface area (Å²) in [5.41, 5.74) is 1.19. The molecular weight excluding hydrogens is 311 g/mol. The number of aliphatic hydroxyl groups excluding tert-OH is 1. The van der Waals surface area contributed by atoms with Crippen LogP contribution in [-0.4, -0.2) is 30.0 Å². The fourth-order valence-corrected chi connectivity index (χ4v) is 2.26. The number of rotatable bonds is 5. The maximum Gasteiger partial charge on any atom is 0.251 e. The molecule has 24 heavy (non-hydrogen) atoms. The van der Waals surface area contributed by atoms with Crippen LogP contribution in [-0.2, 0) is 0 Å². The molecule has 2 unspecified atom stereocenters. The monoisotopic (exact) mass is 330 g/mol. The summed E-state index contributed by atoms with van der Waals surface area (Å²) in [7, 11) is 1.51. The number of aliphatic hydroxyl groups is 1. The zero-order valence-electron chi connectivity index (χ0n) is 13.4. The zero-order chi connectivity index (χ0) is 17.7. The minimum atomic E-state index is -0.975. The second-order valence-electron chi connectivity index (χ2n) is 5.42. The molecule has 0 fully saturated rings. The maximum absolute atomic E-state index is 12.9. The van der Waals surface area contributed by atoms with Crippen LogP contribution >= 0.6 is 0 Å². The zero-order valence-corrected chi connectivity index (χ0v) is 13.4. The van der Waals surface area contributed by atoms with Crippen LogP contribution in [0.4, 0.5) is 4.39 Å². The topological polar surface area (TPSA) is 78.4 Å². The molecule has 0 aliphatic heterocycles. The van der Waals surface area contributed by atoms with Crippen molar-refractivity contribution in [3.05, 3.63) is 71.0 Å². The third kappa shape index (κ3) is 4.17. The van der Waals surface area contributed by atoms with Crippen LogP contribution < -0.4 is 10.6 Å². The van der Waals surface area contributed by atoms with Gasteiger partial charge in [0.2, 0.25) is 0 Å². The first-order valence-corrected chi connectivity index (χ1v) is 7.49. The van der Waals surface area contributed by atoms with Gasteiger partial charge in [-0.3, -0.25) is 9.59 Å². The Morgan fingerprint density at radius 3 is 2.21 bits per heavy atom. The Balaban J connectivity index is 2.08. The quantitative estimate of drug-likeness (QED) is 0.785. The summed E-state index contributed by atoms with van der Waals surface area (Å²) in [5, 5.41) is 15.4. The SMILES string of the molecule is CNC(=O)c1cccc(C(=O)NC(C)C(O)c2ccc(F)cc2)c1. The predicted octanol–water partition coefficient (Wildman–Crippen LogP) is 2.04. The van der Waals surface area contributed by atoms with Gasteiger partial charge >= 0.3 is 0 Å². The molecule has 6 heteroatoms. The summed E-state index contributed by atoms with van der Waals surface area (Å²) in [6.07, 6.45) is -0.975. The number of hydrogen-bond acceptors (Lipinski definition) is 3. The van der Waals surface area contributed by atoms with E-state index in [2.05, 4.69) is 10.6 Å². The van der Waals surface area contributed by atoms with Crippen LogP contribution in [0.2, 0.25) is 0 Å². The molecule has 0 saturated heterocycles. The van der Waals surface area contributed by atoms with Crippen molar-refractivity contribution in [2.24, 2.45) is 0 Å². The van der Waals surface area contributed by atoms with Crippen LogP contribution in [0.15, 0.2) is 48.5 Å². The lowest BCUT2D eigenvalue weighted by Gasteiger charge is -2.20. The van der Waals surface area contributed by atoms with Crippen molar-refractivity contribution in [2.75, 3.05) is 7.05 Å². The molecular formula is C18H19FN2O3. The third-order valence-electron chi connectivity index (χ3n) is 3.66. The van der Waals surface area contributed by atoms with Gasteiger partial charge in [0, 0.05) is 18.2 Å². The molecule has 0 saturated carbocycles. The van der Waals surface area contributed by atoms with E-state index >= 15 is 0 Å². The van der Waals surface area contributed by atoms with Gasteiger partial charge in [-0.1, -0.05) is 18.2 Å². The molecule has 0 radical (unpaired) electrons. The lowest BCUT2D eigenvalue weighted by Crippen LogP contribution is -2.37. The van der Waals surface area contributed by atoms with Crippen LogP contribution in [0, 0.1) is 5.82 Å². The molecule has 2 aromatic rings. The number of halogens is 1. The molecule has 0 aromatic heterocycles. The number of carbonyl (C=O) groups is 2. The van der Waals surface area contributed by atoms with Crippen molar-refractivity contribution < 1.29 is 19.1 Å². The highest BCUT2D eigenvalue weighted by Gasteiger charge is 2.19. The molecule has 2 rings (SSSR count). The van der Waals surface area contributed by atoms with Gasteiger partial charge in [-0.05, 0) is 42.8 Å². The standard InChI is InChI=1S/C18H19FN2O3/c1-11(16(22)12-6-8-15(19)9-7-12)21-18(24)14-5-3-4-13(10-14)17(23)20-2/h3-11,16,22H,1-2H3,(H,20,23)(H,21,24). The van der Waals surface area contributed by atoms with Gasteiger partial charge < -0.3 is 15.7 Å². The average Bonchev–Trinajstić information content (AvgIpc) is 2.61. The molecule has 0 aliphatic carbocycles. The van der Waals surface area contributed by atoms with E-state index in [0.29, 0.717) is 16.7 Å². The minimum absolute atomic E-state index is 0.288. The number of hydrogen-bond donors (Lipinski definition) is 3. The Labute approximate surface area is 139 Å². The van der Waals surface area contributed by atoms with E-state index < -0.39 is 23.9 Å². The summed E-state index contributed by atoms with van der Waals surface area (Å²) in [4.78, 5) is 23.9. The molecule has 2 atom stereocenters. The lowest BCUT2D eigenvalue weighted by molar-refractivity contribution is 0.0852. The van der Waals surface area contributed by atoms with E-state index in [1.165, 1.54) is 37.4 Å². The van der Waals surface area contributed by atoms with E-state index in [1.54, 1.807) is 25.1 Å². The second kappa shape index (κ2) is 7.70. The maximum atomic E-state index is 12.9. The number of amides is 2. The summed E-state index contributed by atoms with van der Waals surface area (Å²) < 4.78 is 12.9. The molecule has 0 bridgehead atoms. The largest absolute Gasteiger partial charge is 0.386 e. The normalized spacial score (nSPS) is 13.0. The first-order chi connectivity index (χ1) is 11.4. The van der Waals surface area contributed by atoms with E-state index in [1.807, 2.05) is 0 Å². The molecule has 2 amide bonds. The van der Waals surface area contributed by atoms with E-state index in [4.69, 9.17) is 0 Å². The van der Waals surface area contributed by atoms with Gasteiger partial charge in [-0.15, -0.1) is 0 Å². The van der Waals surface area contributed by atoms with Crippen LogP contribution in [0.5, 0.6) is 0 Å². The summed E-state index contributed by atoms with van der Waals surface area (Å²) in [5.74, 6) is -1.09. The highest BCUT2D eigenvalue weighted by atomic mass is 19.1. The van der Waals surface area contributed by atoms with Crippen LogP contribution in [0.25, 0.3) is 0 Å². The van der Waals surface area contributed by atoms with Gasteiger partial charge in [-0.25, -0.2) is 4.39 Å². The minimum Gasteiger partial charge on any atom is -0.386 e. The van der Waals surface area contributed by atoms with Crippen LogP contribution in [0.1, 0.15) is 39.3 Å². The molecule has 3 N–H and O–H groups in total. The van der Waals surface area contributed by atoms with Crippen molar-refractivity contribution in [2.45, 2.75) is 19.1 Å². The van der Waals surface area contributed by atoms with Gasteiger partial charge in [0.25, 0.3) is 11.8 Å². The molecule has 2 aromatic carbocycles. The van der Waals surface area contributed by atoms with Crippen LogP contribution in [0.3, 0.4) is 0 Å². The summed E-state index contributed by atoms with van der Waals surface area (Å²) >= 11 is 0. The Bertz CT molecular complexity index is 731. The van der Waals surface area contributed by atoms with E-state index in [0.717, 1.165) is 0 Å². The van der Waals surface area contributed by atoms with Gasteiger partial charge in [-0.2, -0.15) is 0 Å². The lowest BCUT2D eigenvalue weighted by atomic mass is 10.0. The van der Waals surface area contributed by atoms with Gasteiger partial charge in [0.15, 0.2) is 0 Å². The first kappa shape index (κ1) is 17.6. The Kier molecular flexibility index (Phi) is 5.65. The molecule has 5 nitrogen and oxygen atoms in total. The van der Waals surface area contributed by atoms with Gasteiger partial charge in [0.05, 0.1) is 12.1 Å². The third-order valence-corrected chi connectivity index (χ3v) is 3.66. The van der Waals surface area contributed by atoms with Crippen molar-refractivity contribution in [3.63, 3.8) is 0 Å². The highest BCUT2D eigenvalue weighted by molar-refractivity contribution is 5.99. The number of nitrogens with one attached hydrogen (secondary N) is 2. The number of carbonyl (C=O) groups excluding carboxylic acids is 2. The molecule has 0 spiro atoms. The van der Waals surface area contributed by atoms with Crippen molar-refractivity contribution in [1.29, 1.82) is 0 Å². The second-order valence-corrected chi connectivity index (χ2v) is 5.42. The van der Waals surface area contributed by atoms with Crippen molar-refractivity contribution in [3.8, 4) is 0 Å². The smallest absolute Gasteiger partial charge is 0.251 e. The Morgan fingerprint density at radius 1 is 1.04 bits per heavy atom.